The lowest BCUT2D eigenvalue weighted by molar-refractivity contribution is 0.462. The van der Waals surface area contributed by atoms with E-state index in [0.717, 1.165) is 16.8 Å². The Morgan fingerprint density at radius 3 is 2.39 bits per heavy atom. The van der Waals surface area contributed by atoms with Crippen molar-refractivity contribution in [3.63, 3.8) is 0 Å². The first-order valence-corrected chi connectivity index (χ1v) is 10.9. The van der Waals surface area contributed by atoms with Crippen molar-refractivity contribution < 1.29 is 8.42 Å². The first-order valence-electron chi connectivity index (χ1n) is 8.97. The summed E-state index contributed by atoms with van der Waals surface area (Å²) in [6.07, 6.45) is 0. The maximum absolute atomic E-state index is 12.3. The zero-order valence-electron chi connectivity index (χ0n) is 16.0. The highest BCUT2D eigenvalue weighted by molar-refractivity contribution is 7.90. The van der Waals surface area contributed by atoms with Crippen molar-refractivity contribution in [3.8, 4) is 0 Å². The van der Waals surface area contributed by atoms with Crippen LogP contribution in [-0.4, -0.2) is 43.9 Å². The van der Waals surface area contributed by atoms with Gasteiger partial charge in [0.15, 0.2) is 0 Å². The summed E-state index contributed by atoms with van der Waals surface area (Å²) in [4.78, 5) is 4.13. The Morgan fingerprint density at radius 1 is 1.18 bits per heavy atom. The maximum Gasteiger partial charge on any atom is 0.237 e. The Labute approximate surface area is 171 Å². The van der Waals surface area contributed by atoms with E-state index in [1.807, 2.05) is 54.6 Å². The van der Waals surface area contributed by atoms with Crippen LogP contribution in [0.1, 0.15) is 30.9 Å². The van der Waals surface area contributed by atoms with E-state index < -0.39 is 15.3 Å². The highest BCUT2D eigenvalue weighted by Gasteiger charge is 2.32. The molecule has 1 aliphatic rings. The van der Waals surface area contributed by atoms with Crippen LogP contribution >= 0.6 is 11.6 Å². The number of aliphatic imine (C=N–C) groups is 1. The number of sulfonamides is 1. The predicted molar refractivity (Wildman–Crippen MR) is 114 cm³/mol. The standard InChI is InChI=1S/C20H23ClN4O2S/c1-14(2)28(26,27)24-20(22-3)25-13-18(15-7-5-4-6-8-15)19(23-25)16-9-11-17(21)12-10-16/h4-12,14,18H,13H2,1-3H3,(H,22,24). The minimum Gasteiger partial charge on any atom is -0.254 e. The summed E-state index contributed by atoms with van der Waals surface area (Å²) in [7, 11) is -1.98. The van der Waals surface area contributed by atoms with Crippen LogP contribution in [0.2, 0.25) is 5.02 Å². The smallest absolute Gasteiger partial charge is 0.237 e. The van der Waals surface area contributed by atoms with Crippen LogP contribution in [0, 0.1) is 0 Å². The fourth-order valence-corrected chi connectivity index (χ4v) is 3.73. The summed E-state index contributed by atoms with van der Waals surface area (Å²) in [5.41, 5.74) is 2.87. The summed E-state index contributed by atoms with van der Waals surface area (Å²) >= 11 is 6.03. The third-order valence-corrected chi connectivity index (χ3v) is 6.53. The molecule has 2 aromatic rings. The number of hydrogen-bond acceptors (Lipinski definition) is 4. The molecular formula is C20H23ClN4O2S. The van der Waals surface area contributed by atoms with E-state index in [2.05, 4.69) is 9.71 Å². The van der Waals surface area contributed by atoms with E-state index in [-0.39, 0.29) is 11.9 Å². The molecule has 0 aliphatic carbocycles. The normalized spacial score (nSPS) is 17.8. The van der Waals surface area contributed by atoms with Crippen LogP contribution in [-0.2, 0) is 10.0 Å². The van der Waals surface area contributed by atoms with Gasteiger partial charge in [-0.1, -0.05) is 54.1 Å². The highest BCUT2D eigenvalue weighted by Crippen LogP contribution is 2.29. The summed E-state index contributed by atoms with van der Waals surface area (Å²) in [6, 6.07) is 17.5. The first kappa shape index (κ1) is 20.4. The van der Waals surface area contributed by atoms with E-state index in [1.54, 1.807) is 25.9 Å². The lowest BCUT2D eigenvalue weighted by Gasteiger charge is -2.20. The largest absolute Gasteiger partial charge is 0.254 e. The van der Waals surface area contributed by atoms with Crippen molar-refractivity contribution in [1.29, 1.82) is 0 Å². The molecule has 28 heavy (non-hydrogen) atoms. The van der Waals surface area contributed by atoms with E-state index in [9.17, 15) is 8.42 Å². The van der Waals surface area contributed by atoms with Gasteiger partial charge in [0.05, 0.1) is 17.5 Å². The van der Waals surface area contributed by atoms with Crippen molar-refractivity contribution in [3.05, 3.63) is 70.7 Å². The number of rotatable bonds is 4. The Hall–Kier alpha value is -2.38. The fourth-order valence-electron chi connectivity index (χ4n) is 2.92. The molecule has 0 bridgehead atoms. The van der Waals surface area contributed by atoms with E-state index in [4.69, 9.17) is 16.7 Å². The average Bonchev–Trinajstić information content (AvgIpc) is 3.12. The van der Waals surface area contributed by atoms with Crippen LogP contribution < -0.4 is 4.72 Å². The lowest BCUT2D eigenvalue weighted by Crippen LogP contribution is -2.43. The van der Waals surface area contributed by atoms with Gasteiger partial charge in [0, 0.05) is 18.0 Å². The molecule has 2 aromatic carbocycles. The summed E-state index contributed by atoms with van der Waals surface area (Å²) in [6.45, 7) is 3.72. The van der Waals surface area contributed by atoms with E-state index in [0.29, 0.717) is 11.6 Å². The third kappa shape index (κ3) is 4.36. The quantitative estimate of drug-likeness (QED) is 0.610. The second-order valence-electron chi connectivity index (χ2n) is 6.78. The van der Waals surface area contributed by atoms with E-state index in [1.165, 1.54) is 0 Å². The molecule has 1 atom stereocenters. The van der Waals surface area contributed by atoms with Crippen molar-refractivity contribution in [2.45, 2.75) is 25.0 Å². The molecule has 0 spiro atoms. The Kier molecular flexibility index (Phi) is 6.05. The van der Waals surface area contributed by atoms with Gasteiger partial charge in [0.2, 0.25) is 16.0 Å². The molecule has 0 aromatic heterocycles. The molecule has 1 unspecified atom stereocenters. The van der Waals surface area contributed by atoms with Gasteiger partial charge in [-0.3, -0.25) is 9.71 Å². The van der Waals surface area contributed by atoms with Gasteiger partial charge in [0.25, 0.3) is 0 Å². The topological polar surface area (TPSA) is 74.1 Å². The van der Waals surface area contributed by atoms with Gasteiger partial charge in [-0.05, 0) is 37.1 Å². The second-order valence-corrected chi connectivity index (χ2v) is 9.45. The number of benzene rings is 2. The highest BCUT2D eigenvalue weighted by atomic mass is 35.5. The van der Waals surface area contributed by atoms with E-state index >= 15 is 0 Å². The number of hydrogen-bond donors (Lipinski definition) is 1. The summed E-state index contributed by atoms with van der Waals surface area (Å²) in [5.74, 6) is 0.182. The molecule has 0 saturated carbocycles. The van der Waals surface area contributed by atoms with Crippen LogP contribution in [0.4, 0.5) is 0 Å². The average molecular weight is 419 g/mol. The molecule has 0 amide bonds. The molecule has 148 valence electrons. The van der Waals surface area contributed by atoms with Crippen molar-refractivity contribution in [2.75, 3.05) is 13.6 Å². The molecule has 0 fully saturated rings. The first-order chi connectivity index (χ1) is 13.3. The van der Waals surface area contributed by atoms with Crippen LogP contribution in [0.3, 0.4) is 0 Å². The van der Waals surface area contributed by atoms with Gasteiger partial charge in [-0.2, -0.15) is 5.10 Å². The van der Waals surface area contributed by atoms with Gasteiger partial charge in [0.1, 0.15) is 0 Å². The molecule has 1 N–H and O–H groups in total. The Bertz CT molecular complexity index is 987. The van der Waals surface area contributed by atoms with Gasteiger partial charge in [-0.25, -0.2) is 13.4 Å². The molecule has 6 nitrogen and oxygen atoms in total. The van der Waals surface area contributed by atoms with Crippen LogP contribution in [0.25, 0.3) is 0 Å². The SMILES string of the molecule is CN=C(NS(=O)(=O)C(C)C)N1CC(c2ccccc2)C(c2ccc(Cl)cc2)=N1. The van der Waals surface area contributed by atoms with Gasteiger partial charge in [-0.15, -0.1) is 0 Å². The molecular weight excluding hydrogens is 396 g/mol. The maximum atomic E-state index is 12.3. The molecule has 8 heteroatoms. The lowest BCUT2D eigenvalue weighted by atomic mass is 9.91. The fraction of sp³-hybridized carbons (Fsp3) is 0.300. The Morgan fingerprint density at radius 2 is 1.82 bits per heavy atom. The summed E-state index contributed by atoms with van der Waals surface area (Å²) < 4.78 is 27.2. The van der Waals surface area contributed by atoms with Crippen LogP contribution in [0.15, 0.2) is 64.7 Å². The van der Waals surface area contributed by atoms with Crippen molar-refractivity contribution >= 4 is 33.3 Å². The van der Waals surface area contributed by atoms with Crippen molar-refractivity contribution in [2.24, 2.45) is 10.1 Å². The molecule has 0 radical (unpaired) electrons. The van der Waals surface area contributed by atoms with Gasteiger partial charge < -0.3 is 0 Å². The molecule has 0 saturated heterocycles. The number of hydrazone groups is 1. The number of guanidine groups is 1. The second kappa shape index (κ2) is 8.32. The van der Waals surface area contributed by atoms with Gasteiger partial charge >= 0.3 is 0 Å². The molecule has 1 aliphatic heterocycles. The third-order valence-electron chi connectivity index (χ3n) is 4.57. The Balaban J connectivity index is 1.98. The number of nitrogens with zero attached hydrogens (tertiary/aromatic N) is 3. The monoisotopic (exact) mass is 418 g/mol. The minimum absolute atomic E-state index is 0.0253. The molecule has 1 heterocycles. The van der Waals surface area contributed by atoms with Crippen LogP contribution in [0.5, 0.6) is 0 Å². The zero-order chi connectivity index (χ0) is 20.3. The zero-order valence-corrected chi connectivity index (χ0v) is 17.6. The number of nitrogens with one attached hydrogen (secondary N) is 1. The minimum atomic E-state index is -3.53. The molecule has 3 rings (SSSR count). The number of halogens is 1. The summed E-state index contributed by atoms with van der Waals surface area (Å²) in [5, 5.41) is 6.40. The van der Waals surface area contributed by atoms with Crippen molar-refractivity contribution in [1.82, 2.24) is 9.73 Å². The predicted octanol–water partition coefficient (Wildman–Crippen LogP) is 3.46.